The van der Waals surface area contributed by atoms with Crippen molar-refractivity contribution in [2.45, 2.75) is 18.0 Å². The number of methoxy groups -OCH3 is 1. The molecule has 3 aromatic rings. The van der Waals surface area contributed by atoms with Crippen molar-refractivity contribution >= 4 is 34.5 Å². The minimum atomic E-state index is -0.303. The number of nitrogens with one attached hydrogen (secondary N) is 3. The van der Waals surface area contributed by atoms with Crippen molar-refractivity contribution in [2.24, 2.45) is 0 Å². The van der Waals surface area contributed by atoms with Crippen LogP contribution >= 0.6 is 11.8 Å². The molecule has 0 aliphatic heterocycles. The summed E-state index contributed by atoms with van der Waals surface area (Å²) in [5, 5.41) is 14.7. The lowest BCUT2D eigenvalue weighted by Gasteiger charge is -2.14. The highest BCUT2D eigenvalue weighted by molar-refractivity contribution is 7.99. The maximum absolute atomic E-state index is 12.2. The molecule has 0 aliphatic carbocycles. The average Bonchev–Trinajstić information content (AvgIpc) is 3.05. The van der Waals surface area contributed by atoms with Gasteiger partial charge in [-0.3, -0.25) is 10.4 Å². The van der Waals surface area contributed by atoms with Gasteiger partial charge in [0.2, 0.25) is 0 Å². The largest absolute Gasteiger partial charge is 0.384 e. The number of anilines is 1. The molecule has 136 valence electrons. The second-order valence-corrected chi connectivity index (χ2v) is 6.80. The smallest absolute Gasteiger partial charge is 0.320 e. The van der Waals surface area contributed by atoms with Crippen molar-refractivity contribution < 1.29 is 9.53 Å². The van der Waals surface area contributed by atoms with Crippen LogP contribution in [-0.2, 0) is 4.74 Å². The SMILES string of the molecule is COCCSc1n[nH]c2cc(NC(=O)N[C@H](C)c3ccccc3)ncc12. The van der Waals surface area contributed by atoms with Crippen LogP contribution in [0.4, 0.5) is 10.6 Å². The Labute approximate surface area is 155 Å². The Morgan fingerprint density at radius 1 is 1.35 bits per heavy atom. The lowest BCUT2D eigenvalue weighted by molar-refractivity contribution is 0.218. The minimum Gasteiger partial charge on any atom is -0.384 e. The number of thioether (sulfide) groups is 1. The number of amides is 2. The van der Waals surface area contributed by atoms with E-state index in [0.29, 0.717) is 12.4 Å². The second kappa shape index (κ2) is 8.68. The van der Waals surface area contributed by atoms with Crippen molar-refractivity contribution in [2.75, 3.05) is 24.8 Å². The molecule has 7 nitrogen and oxygen atoms in total. The normalized spacial score (nSPS) is 12.1. The summed E-state index contributed by atoms with van der Waals surface area (Å²) in [6.45, 7) is 2.59. The Morgan fingerprint density at radius 2 is 2.15 bits per heavy atom. The summed E-state index contributed by atoms with van der Waals surface area (Å²) in [6, 6.07) is 11.2. The number of hydrogen-bond donors (Lipinski definition) is 3. The molecule has 0 spiro atoms. The molecule has 0 aliphatic rings. The number of benzene rings is 1. The van der Waals surface area contributed by atoms with Gasteiger partial charge < -0.3 is 10.1 Å². The molecule has 3 rings (SSSR count). The van der Waals surface area contributed by atoms with E-state index < -0.39 is 0 Å². The highest BCUT2D eigenvalue weighted by Gasteiger charge is 2.12. The maximum Gasteiger partial charge on any atom is 0.320 e. The summed E-state index contributed by atoms with van der Waals surface area (Å²) in [4.78, 5) is 16.5. The lowest BCUT2D eigenvalue weighted by Crippen LogP contribution is -2.31. The number of carbonyl (C=O) groups is 1. The zero-order valence-corrected chi connectivity index (χ0v) is 15.5. The summed E-state index contributed by atoms with van der Waals surface area (Å²) >= 11 is 1.60. The number of carbonyl (C=O) groups excluding carboxylic acids is 1. The number of ether oxygens (including phenoxy) is 1. The summed E-state index contributed by atoms with van der Waals surface area (Å²) in [5.41, 5.74) is 1.86. The van der Waals surface area contributed by atoms with Gasteiger partial charge in [0.25, 0.3) is 0 Å². The molecule has 0 saturated heterocycles. The summed E-state index contributed by atoms with van der Waals surface area (Å²) in [6.07, 6.45) is 1.71. The number of aromatic amines is 1. The van der Waals surface area contributed by atoms with Crippen LogP contribution in [-0.4, -0.2) is 40.7 Å². The first kappa shape index (κ1) is 18.2. The third-order valence-corrected chi connectivity index (χ3v) is 4.78. The molecule has 2 heterocycles. The Bertz CT molecular complexity index is 868. The molecule has 1 aromatic carbocycles. The predicted octanol–water partition coefficient (Wildman–Crippen LogP) is 3.58. The Kier molecular flexibility index (Phi) is 6.08. The number of aromatic nitrogens is 3. The quantitative estimate of drug-likeness (QED) is 0.436. The molecule has 26 heavy (non-hydrogen) atoms. The third kappa shape index (κ3) is 4.53. The van der Waals surface area contributed by atoms with Crippen LogP contribution in [0, 0.1) is 0 Å². The minimum absolute atomic E-state index is 0.101. The van der Waals surface area contributed by atoms with E-state index in [2.05, 4.69) is 25.8 Å². The molecule has 0 bridgehead atoms. The van der Waals surface area contributed by atoms with Gasteiger partial charge in [0, 0.05) is 25.1 Å². The van der Waals surface area contributed by atoms with E-state index in [4.69, 9.17) is 4.74 Å². The third-order valence-electron chi connectivity index (χ3n) is 3.83. The van der Waals surface area contributed by atoms with Crippen LogP contribution in [0.1, 0.15) is 18.5 Å². The van der Waals surface area contributed by atoms with E-state index in [-0.39, 0.29) is 12.1 Å². The number of pyridine rings is 1. The van der Waals surface area contributed by atoms with Crippen molar-refractivity contribution in [3.63, 3.8) is 0 Å². The molecule has 2 aromatic heterocycles. The van der Waals surface area contributed by atoms with Gasteiger partial charge in [0.15, 0.2) is 0 Å². The first-order chi connectivity index (χ1) is 12.7. The van der Waals surface area contributed by atoms with Gasteiger partial charge in [-0.1, -0.05) is 30.3 Å². The highest BCUT2D eigenvalue weighted by Crippen LogP contribution is 2.26. The van der Waals surface area contributed by atoms with Gasteiger partial charge in [0.05, 0.1) is 23.6 Å². The summed E-state index contributed by atoms with van der Waals surface area (Å²) in [7, 11) is 1.67. The fourth-order valence-electron chi connectivity index (χ4n) is 2.46. The van der Waals surface area contributed by atoms with Crippen molar-refractivity contribution in [1.29, 1.82) is 0 Å². The van der Waals surface area contributed by atoms with Crippen LogP contribution in [0.3, 0.4) is 0 Å². The Morgan fingerprint density at radius 3 is 2.92 bits per heavy atom. The maximum atomic E-state index is 12.2. The van der Waals surface area contributed by atoms with Crippen LogP contribution in [0.15, 0.2) is 47.6 Å². The summed E-state index contributed by atoms with van der Waals surface area (Å²) < 4.78 is 5.05. The monoisotopic (exact) mass is 371 g/mol. The van der Waals surface area contributed by atoms with Gasteiger partial charge in [0.1, 0.15) is 10.8 Å². The molecule has 0 saturated carbocycles. The van der Waals surface area contributed by atoms with E-state index in [1.165, 1.54) is 0 Å². The first-order valence-electron chi connectivity index (χ1n) is 8.25. The number of urea groups is 1. The van der Waals surface area contributed by atoms with Crippen LogP contribution < -0.4 is 10.6 Å². The first-order valence-corrected chi connectivity index (χ1v) is 9.24. The Balaban J connectivity index is 1.62. The van der Waals surface area contributed by atoms with Crippen LogP contribution in [0.5, 0.6) is 0 Å². The second-order valence-electron chi connectivity index (χ2n) is 5.72. The zero-order valence-electron chi connectivity index (χ0n) is 14.7. The molecule has 0 fully saturated rings. The van der Waals surface area contributed by atoms with Crippen molar-refractivity contribution in [1.82, 2.24) is 20.5 Å². The predicted molar refractivity (Wildman–Crippen MR) is 104 cm³/mol. The molecule has 0 radical (unpaired) electrons. The van der Waals surface area contributed by atoms with Crippen molar-refractivity contribution in [3.05, 3.63) is 48.2 Å². The van der Waals surface area contributed by atoms with Gasteiger partial charge in [-0.25, -0.2) is 9.78 Å². The van der Waals surface area contributed by atoms with Crippen LogP contribution in [0.2, 0.25) is 0 Å². The van der Waals surface area contributed by atoms with E-state index in [9.17, 15) is 4.79 Å². The number of nitrogens with zero attached hydrogens (tertiary/aromatic N) is 2. The topological polar surface area (TPSA) is 91.9 Å². The number of H-pyrrole nitrogens is 1. The Hall–Kier alpha value is -2.58. The van der Waals surface area contributed by atoms with Gasteiger partial charge in [-0.15, -0.1) is 11.8 Å². The highest BCUT2D eigenvalue weighted by atomic mass is 32.2. The number of hydrogen-bond acceptors (Lipinski definition) is 5. The molecule has 3 N–H and O–H groups in total. The fourth-order valence-corrected chi connectivity index (χ4v) is 3.34. The molecule has 8 heteroatoms. The van der Waals surface area contributed by atoms with E-state index >= 15 is 0 Å². The molecule has 2 amide bonds. The van der Waals surface area contributed by atoms with E-state index in [1.54, 1.807) is 31.1 Å². The number of rotatable bonds is 7. The molecule has 1 atom stereocenters. The molecular weight excluding hydrogens is 350 g/mol. The summed E-state index contributed by atoms with van der Waals surface area (Å²) in [5.74, 6) is 1.28. The van der Waals surface area contributed by atoms with Gasteiger partial charge in [-0.2, -0.15) is 5.10 Å². The van der Waals surface area contributed by atoms with E-state index in [0.717, 1.165) is 27.2 Å². The van der Waals surface area contributed by atoms with Gasteiger partial charge in [-0.05, 0) is 12.5 Å². The van der Waals surface area contributed by atoms with Crippen LogP contribution in [0.25, 0.3) is 10.9 Å². The number of fused-ring (bicyclic) bond motifs is 1. The average molecular weight is 371 g/mol. The van der Waals surface area contributed by atoms with Gasteiger partial charge >= 0.3 is 6.03 Å². The lowest BCUT2D eigenvalue weighted by atomic mass is 10.1. The zero-order chi connectivity index (χ0) is 18.4. The molecule has 0 unspecified atom stereocenters. The fraction of sp³-hybridized carbons (Fsp3) is 0.278. The molecular formula is C18H21N5O2S. The standard InChI is InChI=1S/C18H21N5O2S/c1-12(13-6-4-3-5-7-13)20-18(24)21-16-10-15-14(11-19-16)17(23-22-15)26-9-8-25-2/h3-7,10-12H,8-9H2,1-2H3,(H,22,23)(H2,19,20,21,24)/t12-/m1/s1. The van der Waals surface area contributed by atoms with E-state index in [1.807, 2.05) is 37.3 Å². The van der Waals surface area contributed by atoms with Crippen molar-refractivity contribution in [3.8, 4) is 0 Å².